The fourth-order valence-corrected chi connectivity index (χ4v) is 6.24. The number of aromatic nitrogens is 2. The number of pyridine rings is 1. The lowest BCUT2D eigenvalue weighted by molar-refractivity contribution is -0.146. The van der Waals surface area contributed by atoms with Gasteiger partial charge in [-0.25, -0.2) is 4.98 Å². The van der Waals surface area contributed by atoms with Crippen molar-refractivity contribution >= 4 is 40.0 Å². The molecular weight excluding hydrogens is 458 g/mol. The van der Waals surface area contributed by atoms with Crippen molar-refractivity contribution in [3.8, 4) is 5.75 Å². The molecule has 1 unspecified atom stereocenters. The Balaban J connectivity index is 1.34. The summed E-state index contributed by atoms with van der Waals surface area (Å²) < 4.78 is 6.38. The SMILES string of the molecule is COc1ccc2nccc([C@H](O)CCC3CCN(CCSc4nccs4)C[C@H]3C(=O)O)c2c1. The van der Waals surface area contributed by atoms with Crippen LogP contribution in [0.25, 0.3) is 10.9 Å². The zero-order valence-electron chi connectivity index (χ0n) is 18.6. The zero-order chi connectivity index (χ0) is 23.2. The molecule has 176 valence electrons. The summed E-state index contributed by atoms with van der Waals surface area (Å²) in [4.78, 5) is 22.9. The molecule has 2 N–H and O–H groups in total. The molecule has 1 fully saturated rings. The fourth-order valence-electron chi connectivity index (χ4n) is 4.53. The van der Waals surface area contributed by atoms with Crippen LogP contribution in [0.15, 0.2) is 46.4 Å². The second-order valence-electron chi connectivity index (χ2n) is 8.32. The topological polar surface area (TPSA) is 95.8 Å². The van der Waals surface area contributed by atoms with Gasteiger partial charge in [-0.1, -0.05) is 11.8 Å². The number of carbonyl (C=O) groups is 1. The molecule has 2 aromatic heterocycles. The van der Waals surface area contributed by atoms with E-state index in [0.717, 1.165) is 51.8 Å². The number of benzene rings is 1. The summed E-state index contributed by atoms with van der Waals surface area (Å²) in [5, 5.41) is 23.7. The number of methoxy groups -OCH3 is 1. The number of hydrogen-bond acceptors (Lipinski definition) is 8. The average molecular weight is 488 g/mol. The van der Waals surface area contributed by atoms with Crippen molar-refractivity contribution in [3.05, 3.63) is 47.6 Å². The van der Waals surface area contributed by atoms with Gasteiger partial charge in [0.2, 0.25) is 0 Å². The second-order valence-corrected chi connectivity index (χ2v) is 10.6. The highest BCUT2D eigenvalue weighted by atomic mass is 32.2. The van der Waals surface area contributed by atoms with Gasteiger partial charge in [-0.2, -0.15) is 0 Å². The van der Waals surface area contributed by atoms with Crippen LogP contribution in [0.5, 0.6) is 5.75 Å². The molecule has 3 aromatic rings. The van der Waals surface area contributed by atoms with Gasteiger partial charge in [0.25, 0.3) is 0 Å². The van der Waals surface area contributed by atoms with Gasteiger partial charge in [-0.05, 0) is 61.6 Å². The van der Waals surface area contributed by atoms with Crippen LogP contribution in [0.4, 0.5) is 0 Å². The first kappa shape index (κ1) is 23.9. The number of ether oxygens (including phenoxy) is 1. The van der Waals surface area contributed by atoms with E-state index in [1.165, 1.54) is 0 Å². The molecule has 0 saturated carbocycles. The lowest BCUT2D eigenvalue weighted by atomic mass is 9.81. The molecule has 0 amide bonds. The third kappa shape index (κ3) is 6.03. The summed E-state index contributed by atoms with van der Waals surface area (Å²) in [6, 6.07) is 7.46. The third-order valence-corrected chi connectivity index (χ3v) is 8.30. The Hall–Kier alpha value is -2.20. The minimum absolute atomic E-state index is 0.0580. The lowest BCUT2D eigenvalue weighted by Crippen LogP contribution is -2.44. The molecule has 7 nitrogen and oxygen atoms in total. The lowest BCUT2D eigenvalue weighted by Gasteiger charge is -2.36. The van der Waals surface area contributed by atoms with E-state index >= 15 is 0 Å². The van der Waals surface area contributed by atoms with Crippen molar-refractivity contribution in [3.63, 3.8) is 0 Å². The first-order valence-electron chi connectivity index (χ1n) is 11.1. The van der Waals surface area contributed by atoms with Gasteiger partial charge in [-0.3, -0.25) is 9.78 Å². The van der Waals surface area contributed by atoms with E-state index in [1.807, 2.05) is 29.6 Å². The normalized spacial score (nSPS) is 20.1. The minimum Gasteiger partial charge on any atom is -0.497 e. The van der Waals surface area contributed by atoms with Gasteiger partial charge in [0, 0.05) is 42.0 Å². The van der Waals surface area contributed by atoms with Crippen LogP contribution >= 0.6 is 23.1 Å². The van der Waals surface area contributed by atoms with Crippen LogP contribution in [0.1, 0.15) is 30.9 Å². The number of fused-ring (bicyclic) bond motifs is 1. The molecule has 0 bridgehead atoms. The highest BCUT2D eigenvalue weighted by molar-refractivity contribution is 8.01. The number of hydrogen-bond donors (Lipinski definition) is 2. The first-order valence-corrected chi connectivity index (χ1v) is 13.0. The Kier molecular flexibility index (Phi) is 8.19. The van der Waals surface area contributed by atoms with E-state index in [9.17, 15) is 15.0 Å². The largest absolute Gasteiger partial charge is 0.497 e. The van der Waals surface area contributed by atoms with Crippen molar-refractivity contribution in [2.75, 3.05) is 32.5 Å². The number of likely N-dealkylation sites (tertiary alicyclic amines) is 1. The maximum atomic E-state index is 12.0. The number of carboxylic acid groups (broad SMARTS) is 1. The fraction of sp³-hybridized carbons (Fsp3) is 0.458. The molecule has 3 atom stereocenters. The molecule has 0 aliphatic carbocycles. The van der Waals surface area contributed by atoms with Gasteiger partial charge in [0.05, 0.1) is 24.6 Å². The number of aliphatic hydroxyl groups excluding tert-OH is 1. The Morgan fingerprint density at radius 1 is 1.33 bits per heavy atom. The van der Waals surface area contributed by atoms with Crippen molar-refractivity contribution < 1.29 is 19.7 Å². The molecule has 1 aliphatic rings. The number of aliphatic carboxylic acids is 1. The summed E-state index contributed by atoms with van der Waals surface area (Å²) in [5.41, 5.74) is 1.61. The van der Waals surface area contributed by atoms with Crippen LogP contribution in [0.2, 0.25) is 0 Å². The first-order chi connectivity index (χ1) is 16.0. The number of nitrogens with zero attached hydrogens (tertiary/aromatic N) is 3. The molecule has 9 heteroatoms. The number of thiazole rings is 1. The molecule has 1 aliphatic heterocycles. The molecule has 3 heterocycles. The van der Waals surface area contributed by atoms with Gasteiger partial charge in [-0.15, -0.1) is 11.3 Å². The van der Waals surface area contributed by atoms with E-state index in [1.54, 1.807) is 42.6 Å². The monoisotopic (exact) mass is 487 g/mol. The Bertz CT molecular complexity index is 1060. The number of piperidine rings is 1. The van der Waals surface area contributed by atoms with Crippen LogP contribution in [0, 0.1) is 11.8 Å². The third-order valence-electron chi connectivity index (χ3n) is 6.35. The second kappa shape index (κ2) is 11.3. The number of carboxylic acids is 1. The van der Waals surface area contributed by atoms with Gasteiger partial charge in [0.1, 0.15) is 10.1 Å². The number of aliphatic hydroxyl groups is 1. The summed E-state index contributed by atoms with van der Waals surface area (Å²) in [6.45, 7) is 2.30. The Morgan fingerprint density at radius 3 is 2.97 bits per heavy atom. The average Bonchev–Trinajstić information content (AvgIpc) is 3.35. The van der Waals surface area contributed by atoms with E-state index in [0.29, 0.717) is 19.4 Å². The molecule has 1 aromatic carbocycles. The predicted molar refractivity (Wildman–Crippen MR) is 131 cm³/mol. The number of rotatable bonds is 10. The Morgan fingerprint density at radius 2 is 2.21 bits per heavy atom. The van der Waals surface area contributed by atoms with E-state index in [-0.39, 0.29) is 5.92 Å². The van der Waals surface area contributed by atoms with Crippen molar-refractivity contribution in [2.45, 2.75) is 29.7 Å². The van der Waals surface area contributed by atoms with Crippen LogP contribution in [0.3, 0.4) is 0 Å². The summed E-state index contributed by atoms with van der Waals surface area (Å²) >= 11 is 3.35. The standard InChI is InChI=1S/C24H29N3O4S2/c1-31-17-3-4-21-19(14-17)18(6-8-25-21)22(28)5-2-16-7-10-27(15-20(16)23(29)30)11-13-33-24-26-9-12-32-24/h3-4,6,8-9,12,14,16,20,22,28H,2,5,7,10-11,13,15H2,1H3,(H,29,30)/t16?,20-,22-/m1/s1. The molecule has 0 radical (unpaired) electrons. The minimum atomic E-state index is -0.745. The molecule has 0 spiro atoms. The summed E-state index contributed by atoms with van der Waals surface area (Å²) in [7, 11) is 1.61. The quantitative estimate of drug-likeness (QED) is 0.408. The molecule has 1 saturated heterocycles. The number of thioether (sulfide) groups is 1. The van der Waals surface area contributed by atoms with Gasteiger partial charge < -0.3 is 19.8 Å². The predicted octanol–water partition coefficient (Wildman–Crippen LogP) is 4.33. The molecule has 33 heavy (non-hydrogen) atoms. The van der Waals surface area contributed by atoms with E-state index in [2.05, 4.69) is 14.9 Å². The van der Waals surface area contributed by atoms with Crippen molar-refractivity contribution in [1.82, 2.24) is 14.9 Å². The van der Waals surface area contributed by atoms with Gasteiger partial charge in [0.15, 0.2) is 0 Å². The van der Waals surface area contributed by atoms with Crippen molar-refractivity contribution in [2.24, 2.45) is 11.8 Å². The van der Waals surface area contributed by atoms with Crippen LogP contribution in [-0.2, 0) is 4.79 Å². The van der Waals surface area contributed by atoms with E-state index < -0.39 is 18.0 Å². The van der Waals surface area contributed by atoms with E-state index in [4.69, 9.17) is 4.74 Å². The highest BCUT2D eigenvalue weighted by Crippen LogP contribution is 2.34. The maximum Gasteiger partial charge on any atom is 0.308 e. The smallest absolute Gasteiger partial charge is 0.308 e. The highest BCUT2D eigenvalue weighted by Gasteiger charge is 2.34. The van der Waals surface area contributed by atoms with Crippen LogP contribution < -0.4 is 4.74 Å². The van der Waals surface area contributed by atoms with Crippen molar-refractivity contribution in [1.29, 1.82) is 0 Å². The summed E-state index contributed by atoms with van der Waals surface area (Å²) in [5.74, 6) is 0.524. The maximum absolute atomic E-state index is 12.0. The summed E-state index contributed by atoms with van der Waals surface area (Å²) in [6.07, 6.45) is 4.85. The van der Waals surface area contributed by atoms with Crippen LogP contribution in [-0.4, -0.2) is 63.5 Å². The zero-order valence-corrected chi connectivity index (χ0v) is 20.2. The molecule has 4 rings (SSSR count). The Labute approximate surface area is 201 Å². The molecular formula is C24H29N3O4S2. The van der Waals surface area contributed by atoms with Gasteiger partial charge >= 0.3 is 5.97 Å².